The summed E-state index contributed by atoms with van der Waals surface area (Å²) in [4.78, 5) is 25.1. The van der Waals surface area contributed by atoms with Crippen molar-refractivity contribution < 1.29 is 9.53 Å². The molecule has 1 aromatic heterocycles. The smallest absolute Gasteiger partial charge is 0.224 e. The number of carbonyl (C=O) groups is 1. The van der Waals surface area contributed by atoms with E-state index in [1.807, 2.05) is 23.1 Å². The van der Waals surface area contributed by atoms with Crippen molar-refractivity contribution in [3.05, 3.63) is 47.6 Å². The molecule has 1 aliphatic heterocycles. The zero-order valence-corrected chi connectivity index (χ0v) is 19.8. The first kappa shape index (κ1) is 24.0. The molecule has 1 fully saturated rings. The zero-order chi connectivity index (χ0) is 20.6. The number of pyridine rings is 1. The van der Waals surface area contributed by atoms with Crippen molar-refractivity contribution >= 4 is 58.9 Å². The van der Waals surface area contributed by atoms with Crippen molar-refractivity contribution in [3.63, 3.8) is 0 Å². The van der Waals surface area contributed by atoms with Gasteiger partial charge in [-0.25, -0.2) is 4.98 Å². The van der Waals surface area contributed by atoms with Gasteiger partial charge in [0, 0.05) is 44.5 Å². The van der Waals surface area contributed by atoms with Crippen LogP contribution in [-0.4, -0.2) is 61.6 Å². The Morgan fingerprint density at radius 3 is 2.67 bits per heavy atom. The van der Waals surface area contributed by atoms with E-state index in [0.717, 1.165) is 18.9 Å². The molecule has 0 saturated carbocycles. The molecule has 3 rings (SSSR count). The number of nitrogens with zero attached hydrogens (tertiary/aromatic N) is 4. The second-order valence-electron chi connectivity index (χ2n) is 6.55. The number of hydrogen-bond donors (Lipinski definition) is 2. The Morgan fingerprint density at radius 1 is 1.27 bits per heavy atom. The van der Waals surface area contributed by atoms with Crippen LogP contribution in [0.3, 0.4) is 0 Å². The number of carbonyl (C=O) groups excluding carboxylic acids is 1. The Bertz CT molecular complexity index is 860. The van der Waals surface area contributed by atoms with Gasteiger partial charge < -0.3 is 25.6 Å². The predicted molar refractivity (Wildman–Crippen MR) is 131 cm³/mol. The number of nitrogens with one attached hydrogen (secondary N) is 1. The lowest BCUT2D eigenvalue weighted by Crippen LogP contribution is -2.49. The molecule has 0 spiro atoms. The van der Waals surface area contributed by atoms with E-state index in [2.05, 4.69) is 20.2 Å². The third-order valence-electron chi connectivity index (χ3n) is 4.64. The fourth-order valence-electron chi connectivity index (χ4n) is 3.09. The maximum Gasteiger partial charge on any atom is 0.224 e. The van der Waals surface area contributed by atoms with E-state index in [-0.39, 0.29) is 35.8 Å². The SMILES string of the molecule is COc1ccc(NC(N)=NCCC(=O)N2CCN(c3ccccn3)CC2)cc1Cl.I. The van der Waals surface area contributed by atoms with E-state index < -0.39 is 0 Å². The van der Waals surface area contributed by atoms with E-state index in [9.17, 15) is 4.79 Å². The summed E-state index contributed by atoms with van der Waals surface area (Å²) < 4.78 is 5.12. The second-order valence-corrected chi connectivity index (χ2v) is 6.95. The maximum atomic E-state index is 12.4. The molecule has 0 atom stereocenters. The van der Waals surface area contributed by atoms with E-state index in [4.69, 9.17) is 22.1 Å². The number of hydrogen-bond acceptors (Lipinski definition) is 5. The molecule has 2 heterocycles. The van der Waals surface area contributed by atoms with Crippen LogP contribution in [0, 0.1) is 0 Å². The monoisotopic (exact) mass is 544 g/mol. The summed E-state index contributed by atoms with van der Waals surface area (Å²) in [6.07, 6.45) is 2.10. The lowest BCUT2D eigenvalue weighted by atomic mass is 10.2. The maximum absolute atomic E-state index is 12.4. The Balaban J connectivity index is 0.00000320. The number of halogens is 2. The van der Waals surface area contributed by atoms with Crippen molar-refractivity contribution in [2.24, 2.45) is 10.7 Å². The summed E-state index contributed by atoms with van der Waals surface area (Å²) >= 11 is 6.09. The molecule has 1 aromatic carbocycles. The summed E-state index contributed by atoms with van der Waals surface area (Å²) in [5, 5.41) is 3.44. The number of benzene rings is 1. The number of piperazine rings is 1. The molecule has 0 bridgehead atoms. The van der Waals surface area contributed by atoms with Gasteiger partial charge in [0.1, 0.15) is 11.6 Å². The van der Waals surface area contributed by atoms with Crippen LogP contribution in [0.4, 0.5) is 11.5 Å². The minimum absolute atomic E-state index is 0. The molecule has 1 amide bonds. The van der Waals surface area contributed by atoms with Crippen LogP contribution in [0.1, 0.15) is 6.42 Å². The normalized spacial score (nSPS) is 14.1. The molecule has 0 aliphatic carbocycles. The number of amides is 1. The zero-order valence-electron chi connectivity index (χ0n) is 16.8. The predicted octanol–water partition coefficient (Wildman–Crippen LogP) is 2.83. The first-order valence-corrected chi connectivity index (χ1v) is 9.79. The van der Waals surface area contributed by atoms with Gasteiger partial charge in [-0.05, 0) is 30.3 Å². The van der Waals surface area contributed by atoms with Crippen LogP contribution >= 0.6 is 35.6 Å². The molecular formula is C20H26ClIN6O2. The van der Waals surface area contributed by atoms with Crippen LogP contribution in [-0.2, 0) is 4.79 Å². The molecule has 2 aromatic rings. The minimum Gasteiger partial charge on any atom is -0.495 e. The molecule has 0 radical (unpaired) electrons. The van der Waals surface area contributed by atoms with E-state index >= 15 is 0 Å². The molecule has 3 N–H and O–H groups in total. The summed E-state index contributed by atoms with van der Waals surface area (Å²) in [5.74, 6) is 1.84. The fraction of sp³-hybridized carbons (Fsp3) is 0.350. The molecule has 8 nitrogen and oxygen atoms in total. The summed E-state index contributed by atoms with van der Waals surface area (Å²) in [5.41, 5.74) is 6.60. The number of nitrogens with two attached hydrogens (primary N) is 1. The second kappa shape index (κ2) is 11.8. The number of aromatic nitrogens is 1. The van der Waals surface area contributed by atoms with Crippen molar-refractivity contribution in [2.75, 3.05) is 50.1 Å². The molecular weight excluding hydrogens is 519 g/mol. The third kappa shape index (κ3) is 6.63. The molecule has 0 unspecified atom stereocenters. The summed E-state index contributed by atoms with van der Waals surface area (Å²) in [6.45, 7) is 3.22. The average Bonchev–Trinajstić information content (AvgIpc) is 2.74. The van der Waals surface area contributed by atoms with E-state index in [1.165, 1.54) is 0 Å². The van der Waals surface area contributed by atoms with Gasteiger partial charge in [-0.15, -0.1) is 24.0 Å². The quantitative estimate of drug-likeness (QED) is 0.330. The third-order valence-corrected chi connectivity index (χ3v) is 4.93. The van der Waals surface area contributed by atoms with Crippen LogP contribution in [0.15, 0.2) is 47.6 Å². The van der Waals surface area contributed by atoms with Gasteiger partial charge in [0.15, 0.2) is 5.96 Å². The Kier molecular flexibility index (Phi) is 9.44. The van der Waals surface area contributed by atoms with Crippen LogP contribution in [0.25, 0.3) is 0 Å². The van der Waals surface area contributed by atoms with Gasteiger partial charge in [-0.1, -0.05) is 17.7 Å². The number of guanidine groups is 1. The van der Waals surface area contributed by atoms with Crippen molar-refractivity contribution in [3.8, 4) is 5.75 Å². The molecule has 30 heavy (non-hydrogen) atoms. The fourth-order valence-corrected chi connectivity index (χ4v) is 3.35. The topological polar surface area (TPSA) is 96.1 Å². The highest BCUT2D eigenvalue weighted by Gasteiger charge is 2.21. The number of anilines is 2. The summed E-state index contributed by atoms with van der Waals surface area (Å²) in [6, 6.07) is 11.1. The van der Waals surface area contributed by atoms with Crippen molar-refractivity contribution in [1.29, 1.82) is 0 Å². The van der Waals surface area contributed by atoms with Gasteiger partial charge in [0.25, 0.3) is 0 Å². The Labute approximate surface area is 198 Å². The standard InChI is InChI=1S/C20H25ClN6O2.HI/c1-29-17-6-5-15(14-16(17)21)25-20(22)24-9-7-19(28)27-12-10-26(11-13-27)18-4-2-3-8-23-18;/h2-6,8,14H,7,9-13H2,1H3,(H3,22,24,25);1H. The van der Waals surface area contributed by atoms with Gasteiger partial charge in [-0.2, -0.15) is 0 Å². The number of methoxy groups -OCH3 is 1. The molecule has 10 heteroatoms. The van der Waals surface area contributed by atoms with Gasteiger partial charge in [-0.3, -0.25) is 9.79 Å². The van der Waals surface area contributed by atoms with Gasteiger partial charge in [0.05, 0.1) is 18.7 Å². The highest BCUT2D eigenvalue weighted by atomic mass is 127. The molecule has 162 valence electrons. The summed E-state index contributed by atoms with van der Waals surface area (Å²) in [7, 11) is 1.56. The molecule has 1 saturated heterocycles. The highest BCUT2D eigenvalue weighted by molar-refractivity contribution is 14.0. The van der Waals surface area contributed by atoms with Crippen LogP contribution < -0.4 is 20.7 Å². The minimum atomic E-state index is 0. The highest BCUT2D eigenvalue weighted by Crippen LogP contribution is 2.27. The lowest BCUT2D eigenvalue weighted by Gasteiger charge is -2.35. The molecule has 1 aliphatic rings. The average molecular weight is 545 g/mol. The van der Waals surface area contributed by atoms with Gasteiger partial charge in [0.2, 0.25) is 5.91 Å². The van der Waals surface area contributed by atoms with Crippen molar-refractivity contribution in [2.45, 2.75) is 6.42 Å². The van der Waals surface area contributed by atoms with Crippen LogP contribution in [0.5, 0.6) is 5.75 Å². The first-order chi connectivity index (χ1) is 14.1. The Morgan fingerprint density at radius 2 is 2.03 bits per heavy atom. The lowest BCUT2D eigenvalue weighted by molar-refractivity contribution is -0.131. The number of rotatable bonds is 6. The van der Waals surface area contributed by atoms with Crippen LogP contribution in [0.2, 0.25) is 5.02 Å². The van der Waals surface area contributed by atoms with E-state index in [1.54, 1.807) is 31.5 Å². The number of ether oxygens (including phenoxy) is 1. The van der Waals surface area contributed by atoms with Gasteiger partial charge >= 0.3 is 0 Å². The van der Waals surface area contributed by atoms with Crippen molar-refractivity contribution in [1.82, 2.24) is 9.88 Å². The number of aliphatic imine (C=N–C) groups is 1. The first-order valence-electron chi connectivity index (χ1n) is 9.41. The largest absolute Gasteiger partial charge is 0.495 e. The Hall–Kier alpha value is -2.27. The van der Waals surface area contributed by atoms with E-state index in [0.29, 0.717) is 42.5 Å².